The molecule has 0 amide bonds. The summed E-state index contributed by atoms with van der Waals surface area (Å²) in [5.41, 5.74) is 1.69. The molecule has 0 saturated heterocycles. The van der Waals surface area contributed by atoms with Gasteiger partial charge in [0.2, 0.25) is 0 Å². The SMILES string of the molecule is O=Cc1cc(C#CCO)cc(C#CCO)c1. The van der Waals surface area contributed by atoms with Gasteiger partial charge in [-0.25, -0.2) is 0 Å². The molecule has 0 radical (unpaired) electrons. The molecule has 16 heavy (non-hydrogen) atoms. The van der Waals surface area contributed by atoms with Crippen LogP contribution in [0.1, 0.15) is 21.5 Å². The zero-order valence-corrected chi connectivity index (χ0v) is 8.53. The Labute approximate surface area is 93.7 Å². The van der Waals surface area contributed by atoms with Crippen molar-refractivity contribution in [2.75, 3.05) is 13.2 Å². The number of aliphatic hydroxyl groups excluding tert-OH is 2. The van der Waals surface area contributed by atoms with E-state index in [0.29, 0.717) is 23.0 Å². The average Bonchev–Trinajstić information content (AvgIpc) is 2.33. The summed E-state index contributed by atoms with van der Waals surface area (Å²) in [7, 11) is 0. The van der Waals surface area contributed by atoms with Crippen LogP contribution >= 0.6 is 0 Å². The molecule has 0 unspecified atom stereocenters. The van der Waals surface area contributed by atoms with Crippen molar-refractivity contribution >= 4 is 6.29 Å². The molecule has 0 atom stereocenters. The lowest BCUT2D eigenvalue weighted by Gasteiger charge is -1.96. The maximum Gasteiger partial charge on any atom is 0.150 e. The fourth-order valence-corrected chi connectivity index (χ4v) is 1.15. The van der Waals surface area contributed by atoms with E-state index in [1.54, 1.807) is 18.2 Å². The van der Waals surface area contributed by atoms with Crippen LogP contribution in [0.15, 0.2) is 18.2 Å². The Morgan fingerprint density at radius 3 is 1.88 bits per heavy atom. The van der Waals surface area contributed by atoms with Gasteiger partial charge in [0.05, 0.1) is 0 Å². The summed E-state index contributed by atoms with van der Waals surface area (Å²) >= 11 is 0. The molecular weight excluding hydrogens is 204 g/mol. The van der Waals surface area contributed by atoms with Crippen LogP contribution < -0.4 is 0 Å². The first-order valence-corrected chi connectivity index (χ1v) is 4.60. The first-order valence-electron chi connectivity index (χ1n) is 4.60. The van der Waals surface area contributed by atoms with Gasteiger partial charge in [0.25, 0.3) is 0 Å². The third-order valence-electron chi connectivity index (χ3n) is 1.71. The molecule has 3 heteroatoms. The molecule has 0 aromatic heterocycles. The number of hydrogen-bond donors (Lipinski definition) is 2. The van der Waals surface area contributed by atoms with Crippen molar-refractivity contribution in [3.63, 3.8) is 0 Å². The Morgan fingerprint density at radius 2 is 1.50 bits per heavy atom. The van der Waals surface area contributed by atoms with Crippen LogP contribution in [0.2, 0.25) is 0 Å². The molecule has 0 spiro atoms. The van der Waals surface area contributed by atoms with Gasteiger partial charge in [0.1, 0.15) is 19.5 Å². The van der Waals surface area contributed by atoms with E-state index in [9.17, 15) is 4.79 Å². The minimum absolute atomic E-state index is 0.233. The second-order valence-electron chi connectivity index (χ2n) is 2.88. The summed E-state index contributed by atoms with van der Waals surface area (Å²) in [5.74, 6) is 10.4. The van der Waals surface area contributed by atoms with Crippen LogP contribution in [0.5, 0.6) is 0 Å². The predicted molar refractivity (Wildman–Crippen MR) is 59.8 cm³/mol. The van der Waals surface area contributed by atoms with Crippen LogP contribution in [0.25, 0.3) is 0 Å². The molecule has 0 aliphatic rings. The molecule has 0 heterocycles. The van der Waals surface area contributed by atoms with E-state index in [4.69, 9.17) is 10.2 Å². The van der Waals surface area contributed by atoms with E-state index in [0.717, 1.165) is 0 Å². The van der Waals surface area contributed by atoms with E-state index < -0.39 is 0 Å². The fraction of sp³-hybridized carbons (Fsp3) is 0.154. The molecular formula is C13H10O3. The van der Waals surface area contributed by atoms with Crippen molar-refractivity contribution in [2.45, 2.75) is 0 Å². The van der Waals surface area contributed by atoms with Gasteiger partial charge in [-0.05, 0) is 18.2 Å². The van der Waals surface area contributed by atoms with Crippen molar-refractivity contribution in [3.05, 3.63) is 34.9 Å². The van der Waals surface area contributed by atoms with E-state index in [1.807, 2.05) is 0 Å². The quantitative estimate of drug-likeness (QED) is 0.518. The summed E-state index contributed by atoms with van der Waals surface area (Å²) in [5, 5.41) is 17.1. The molecule has 2 N–H and O–H groups in total. The minimum atomic E-state index is -0.233. The number of benzene rings is 1. The standard InChI is InChI=1S/C13H10O3/c14-5-1-3-11-7-12(4-2-6-15)9-13(8-11)10-16/h7-10,14-15H,5-6H2. The molecule has 3 nitrogen and oxygen atoms in total. The van der Waals surface area contributed by atoms with E-state index in [2.05, 4.69) is 23.7 Å². The largest absolute Gasteiger partial charge is 0.384 e. The van der Waals surface area contributed by atoms with Gasteiger partial charge in [0, 0.05) is 16.7 Å². The highest BCUT2D eigenvalue weighted by atomic mass is 16.3. The highest BCUT2D eigenvalue weighted by molar-refractivity contribution is 5.76. The number of aliphatic hydroxyl groups is 2. The van der Waals surface area contributed by atoms with Crippen LogP contribution in [0, 0.1) is 23.7 Å². The van der Waals surface area contributed by atoms with Crippen LogP contribution in [-0.2, 0) is 0 Å². The van der Waals surface area contributed by atoms with Crippen molar-refractivity contribution < 1.29 is 15.0 Å². The Hall–Kier alpha value is -2.07. The zero-order chi connectivity index (χ0) is 11.8. The molecule has 0 aliphatic carbocycles. The van der Waals surface area contributed by atoms with E-state index >= 15 is 0 Å². The lowest BCUT2D eigenvalue weighted by molar-refractivity contribution is 0.112. The zero-order valence-electron chi connectivity index (χ0n) is 8.53. The Bertz CT molecular complexity index is 455. The van der Waals surface area contributed by atoms with Crippen molar-refractivity contribution in [3.8, 4) is 23.7 Å². The van der Waals surface area contributed by atoms with Gasteiger partial charge in [-0.2, -0.15) is 0 Å². The molecule has 80 valence electrons. The average molecular weight is 214 g/mol. The summed E-state index contributed by atoms with van der Waals surface area (Å²) in [4.78, 5) is 10.7. The summed E-state index contributed by atoms with van der Waals surface area (Å²) in [6.45, 7) is -0.466. The first-order chi connectivity index (χ1) is 7.80. The lowest BCUT2D eigenvalue weighted by Crippen LogP contribution is -1.87. The van der Waals surface area contributed by atoms with E-state index in [1.165, 1.54) is 0 Å². The molecule has 0 saturated carbocycles. The van der Waals surface area contributed by atoms with Gasteiger partial charge in [-0.1, -0.05) is 23.7 Å². The summed E-state index contributed by atoms with van der Waals surface area (Å²) in [6, 6.07) is 4.91. The highest BCUT2D eigenvalue weighted by Gasteiger charge is 1.96. The van der Waals surface area contributed by atoms with Crippen molar-refractivity contribution in [1.82, 2.24) is 0 Å². The van der Waals surface area contributed by atoms with Gasteiger partial charge < -0.3 is 10.2 Å². The smallest absolute Gasteiger partial charge is 0.150 e. The Balaban J connectivity index is 3.15. The number of carbonyl (C=O) groups is 1. The predicted octanol–water partition coefficient (Wildman–Crippen LogP) is 0.187. The van der Waals surface area contributed by atoms with Crippen LogP contribution in [0.4, 0.5) is 0 Å². The Morgan fingerprint density at radius 1 is 1.00 bits per heavy atom. The summed E-state index contributed by atoms with van der Waals surface area (Å²) < 4.78 is 0. The third kappa shape index (κ3) is 3.59. The second kappa shape index (κ2) is 6.42. The molecule has 0 aliphatic heterocycles. The number of rotatable bonds is 1. The molecule has 0 bridgehead atoms. The number of aldehydes is 1. The second-order valence-corrected chi connectivity index (χ2v) is 2.88. The maximum atomic E-state index is 10.7. The number of hydrogen-bond acceptors (Lipinski definition) is 3. The molecule has 0 fully saturated rings. The van der Waals surface area contributed by atoms with Gasteiger partial charge in [0.15, 0.2) is 0 Å². The normalized spacial score (nSPS) is 8.38. The minimum Gasteiger partial charge on any atom is -0.384 e. The molecule has 1 aromatic rings. The van der Waals surface area contributed by atoms with Gasteiger partial charge in [-0.3, -0.25) is 4.79 Å². The van der Waals surface area contributed by atoms with Gasteiger partial charge >= 0.3 is 0 Å². The number of carbonyl (C=O) groups excluding carboxylic acids is 1. The van der Waals surface area contributed by atoms with Crippen molar-refractivity contribution in [2.24, 2.45) is 0 Å². The molecule has 1 rings (SSSR count). The van der Waals surface area contributed by atoms with Crippen LogP contribution in [-0.4, -0.2) is 29.7 Å². The van der Waals surface area contributed by atoms with E-state index in [-0.39, 0.29) is 13.2 Å². The van der Waals surface area contributed by atoms with Gasteiger partial charge in [-0.15, -0.1) is 0 Å². The fourth-order valence-electron chi connectivity index (χ4n) is 1.15. The monoisotopic (exact) mass is 214 g/mol. The lowest BCUT2D eigenvalue weighted by atomic mass is 10.1. The summed E-state index contributed by atoms with van der Waals surface area (Å²) in [6.07, 6.45) is 0.703. The Kier molecular flexibility index (Phi) is 4.82. The maximum absolute atomic E-state index is 10.7. The van der Waals surface area contributed by atoms with Crippen LogP contribution in [0.3, 0.4) is 0 Å². The molecule has 1 aromatic carbocycles. The first kappa shape index (κ1) is 12.0. The third-order valence-corrected chi connectivity index (χ3v) is 1.71. The topological polar surface area (TPSA) is 57.5 Å². The van der Waals surface area contributed by atoms with Crippen molar-refractivity contribution in [1.29, 1.82) is 0 Å². The highest BCUT2D eigenvalue weighted by Crippen LogP contribution is 2.07.